The second kappa shape index (κ2) is 5.21. The second-order valence-corrected chi connectivity index (χ2v) is 5.23. The van der Waals surface area contributed by atoms with E-state index >= 15 is 0 Å². The average Bonchev–Trinajstić information content (AvgIpc) is 3.06. The second-order valence-electron chi connectivity index (χ2n) is 5.23. The molecule has 1 aromatic rings. The van der Waals surface area contributed by atoms with Crippen molar-refractivity contribution in [2.45, 2.75) is 59.5 Å². The maximum Gasteiger partial charge on any atom is 0.0644 e. The third kappa shape index (κ3) is 2.71. The van der Waals surface area contributed by atoms with Crippen molar-refractivity contribution in [1.29, 1.82) is 0 Å². The molecule has 1 saturated carbocycles. The fraction of sp³-hybridized carbons (Fsp3) is 0.786. The molecule has 1 unspecified atom stereocenters. The Balaban J connectivity index is 2.22. The summed E-state index contributed by atoms with van der Waals surface area (Å²) >= 11 is 0. The third-order valence-electron chi connectivity index (χ3n) is 3.77. The van der Waals surface area contributed by atoms with Gasteiger partial charge in [0.2, 0.25) is 0 Å². The number of rotatable bonds is 6. The molecule has 0 radical (unpaired) electrons. The standard InChI is InChI=1S/C14H25N3/c1-5-13(15-6-2)14-10(3)16-17(11(14)4)9-12-7-8-12/h12-13,15H,5-9H2,1-4H3. The fourth-order valence-corrected chi connectivity index (χ4v) is 2.63. The Bertz CT molecular complexity index is 377. The molecule has 1 aliphatic rings. The summed E-state index contributed by atoms with van der Waals surface area (Å²) in [6.07, 6.45) is 3.90. The molecule has 0 amide bonds. The van der Waals surface area contributed by atoms with Crippen LogP contribution in [-0.2, 0) is 6.54 Å². The molecule has 1 fully saturated rings. The van der Waals surface area contributed by atoms with Gasteiger partial charge in [0.15, 0.2) is 0 Å². The van der Waals surface area contributed by atoms with Crippen LogP contribution in [0.25, 0.3) is 0 Å². The van der Waals surface area contributed by atoms with Crippen molar-refractivity contribution in [2.24, 2.45) is 5.92 Å². The first-order valence-corrected chi connectivity index (χ1v) is 6.94. The van der Waals surface area contributed by atoms with Crippen LogP contribution in [0, 0.1) is 19.8 Å². The predicted octanol–water partition coefficient (Wildman–Crippen LogP) is 2.97. The molecule has 1 aromatic heterocycles. The largest absolute Gasteiger partial charge is 0.310 e. The normalized spacial score (nSPS) is 17.4. The lowest BCUT2D eigenvalue weighted by atomic mass is 10.0. The van der Waals surface area contributed by atoms with E-state index in [1.54, 1.807) is 0 Å². The number of nitrogens with zero attached hydrogens (tertiary/aromatic N) is 2. The Labute approximate surface area is 105 Å². The van der Waals surface area contributed by atoms with E-state index < -0.39 is 0 Å². The molecule has 1 N–H and O–H groups in total. The van der Waals surface area contributed by atoms with Crippen LogP contribution < -0.4 is 5.32 Å². The SMILES string of the molecule is CCNC(CC)c1c(C)nn(CC2CC2)c1C. The molecule has 2 rings (SSSR count). The molecule has 0 bridgehead atoms. The molecular weight excluding hydrogens is 210 g/mol. The summed E-state index contributed by atoms with van der Waals surface area (Å²) in [5.74, 6) is 0.889. The first kappa shape index (κ1) is 12.6. The van der Waals surface area contributed by atoms with Crippen LogP contribution in [0.15, 0.2) is 0 Å². The molecule has 3 nitrogen and oxygen atoms in total. The van der Waals surface area contributed by atoms with Crippen molar-refractivity contribution < 1.29 is 0 Å². The lowest BCUT2D eigenvalue weighted by molar-refractivity contribution is 0.523. The molecule has 1 heterocycles. The monoisotopic (exact) mass is 235 g/mol. The van der Waals surface area contributed by atoms with Gasteiger partial charge in [0, 0.05) is 23.8 Å². The average molecular weight is 235 g/mol. The van der Waals surface area contributed by atoms with E-state index in [9.17, 15) is 0 Å². The molecule has 1 aliphatic carbocycles. The Morgan fingerprint density at radius 3 is 2.59 bits per heavy atom. The highest BCUT2D eigenvalue weighted by Crippen LogP contribution is 2.32. The van der Waals surface area contributed by atoms with E-state index in [0.29, 0.717) is 6.04 Å². The number of hydrogen-bond donors (Lipinski definition) is 1. The smallest absolute Gasteiger partial charge is 0.0644 e. The third-order valence-corrected chi connectivity index (χ3v) is 3.77. The zero-order valence-corrected chi connectivity index (χ0v) is 11.6. The van der Waals surface area contributed by atoms with Crippen molar-refractivity contribution in [3.05, 3.63) is 17.0 Å². The molecule has 0 aromatic carbocycles. The molecule has 17 heavy (non-hydrogen) atoms. The molecule has 3 heteroatoms. The zero-order valence-electron chi connectivity index (χ0n) is 11.6. The number of aryl methyl sites for hydroxylation is 1. The molecule has 0 spiro atoms. The highest BCUT2D eigenvalue weighted by Gasteiger charge is 2.25. The van der Waals surface area contributed by atoms with Crippen LogP contribution in [0.1, 0.15) is 56.1 Å². The Kier molecular flexibility index (Phi) is 3.87. The molecule has 96 valence electrons. The lowest BCUT2D eigenvalue weighted by Crippen LogP contribution is -2.21. The predicted molar refractivity (Wildman–Crippen MR) is 71.1 cm³/mol. The minimum atomic E-state index is 0.466. The minimum Gasteiger partial charge on any atom is -0.310 e. The van der Waals surface area contributed by atoms with Crippen LogP contribution in [0.5, 0.6) is 0 Å². The summed E-state index contributed by atoms with van der Waals surface area (Å²) in [4.78, 5) is 0. The van der Waals surface area contributed by atoms with Crippen molar-refractivity contribution >= 4 is 0 Å². The van der Waals surface area contributed by atoms with Gasteiger partial charge in [0.25, 0.3) is 0 Å². The van der Waals surface area contributed by atoms with Gasteiger partial charge in [-0.2, -0.15) is 5.10 Å². The summed E-state index contributed by atoms with van der Waals surface area (Å²) in [7, 11) is 0. The van der Waals surface area contributed by atoms with Gasteiger partial charge >= 0.3 is 0 Å². The van der Waals surface area contributed by atoms with Crippen molar-refractivity contribution in [3.8, 4) is 0 Å². The van der Waals surface area contributed by atoms with Gasteiger partial charge in [0.1, 0.15) is 0 Å². The van der Waals surface area contributed by atoms with Crippen LogP contribution in [0.4, 0.5) is 0 Å². The Hall–Kier alpha value is -0.830. The van der Waals surface area contributed by atoms with Crippen molar-refractivity contribution in [3.63, 3.8) is 0 Å². The van der Waals surface area contributed by atoms with Crippen molar-refractivity contribution in [1.82, 2.24) is 15.1 Å². The van der Waals surface area contributed by atoms with Crippen LogP contribution >= 0.6 is 0 Å². The summed E-state index contributed by atoms with van der Waals surface area (Å²) in [6, 6.07) is 0.466. The first-order valence-electron chi connectivity index (χ1n) is 6.94. The number of nitrogens with one attached hydrogen (secondary N) is 1. The van der Waals surface area contributed by atoms with E-state index in [0.717, 1.165) is 25.4 Å². The highest BCUT2D eigenvalue weighted by atomic mass is 15.3. The van der Waals surface area contributed by atoms with Crippen LogP contribution in [-0.4, -0.2) is 16.3 Å². The van der Waals surface area contributed by atoms with Gasteiger partial charge in [0.05, 0.1) is 5.69 Å². The molecule has 0 aliphatic heterocycles. The van der Waals surface area contributed by atoms with Crippen molar-refractivity contribution in [2.75, 3.05) is 6.54 Å². The van der Waals surface area contributed by atoms with Gasteiger partial charge in [-0.05, 0) is 45.6 Å². The van der Waals surface area contributed by atoms with E-state index in [1.165, 1.54) is 29.8 Å². The Morgan fingerprint density at radius 2 is 2.06 bits per heavy atom. The van der Waals surface area contributed by atoms with Gasteiger partial charge in [-0.25, -0.2) is 0 Å². The van der Waals surface area contributed by atoms with Gasteiger partial charge < -0.3 is 5.32 Å². The number of aromatic nitrogens is 2. The summed E-state index contributed by atoms with van der Waals surface area (Å²) in [5.41, 5.74) is 3.99. The van der Waals surface area contributed by atoms with E-state index in [-0.39, 0.29) is 0 Å². The molecular formula is C14H25N3. The highest BCUT2D eigenvalue weighted by molar-refractivity contribution is 5.28. The summed E-state index contributed by atoms with van der Waals surface area (Å²) in [6.45, 7) is 10.9. The fourth-order valence-electron chi connectivity index (χ4n) is 2.63. The quantitative estimate of drug-likeness (QED) is 0.821. The van der Waals surface area contributed by atoms with Gasteiger partial charge in [-0.3, -0.25) is 4.68 Å². The first-order chi connectivity index (χ1) is 8.17. The summed E-state index contributed by atoms with van der Waals surface area (Å²) in [5, 5.41) is 8.28. The minimum absolute atomic E-state index is 0.466. The number of hydrogen-bond acceptors (Lipinski definition) is 2. The zero-order chi connectivity index (χ0) is 12.4. The van der Waals surface area contributed by atoms with E-state index in [1.807, 2.05) is 0 Å². The molecule has 1 atom stereocenters. The van der Waals surface area contributed by atoms with Crippen LogP contribution in [0.3, 0.4) is 0 Å². The van der Waals surface area contributed by atoms with Crippen LogP contribution in [0.2, 0.25) is 0 Å². The maximum absolute atomic E-state index is 4.72. The Morgan fingerprint density at radius 1 is 1.35 bits per heavy atom. The maximum atomic E-state index is 4.72. The molecule has 0 saturated heterocycles. The van der Waals surface area contributed by atoms with E-state index in [4.69, 9.17) is 5.10 Å². The topological polar surface area (TPSA) is 29.9 Å². The summed E-state index contributed by atoms with van der Waals surface area (Å²) < 4.78 is 2.22. The lowest BCUT2D eigenvalue weighted by Gasteiger charge is -2.16. The van der Waals surface area contributed by atoms with E-state index in [2.05, 4.69) is 37.7 Å². The van der Waals surface area contributed by atoms with Gasteiger partial charge in [-0.15, -0.1) is 0 Å². The van der Waals surface area contributed by atoms with Gasteiger partial charge in [-0.1, -0.05) is 13.8 Å².